The van der Waals surface area contributed by atoms with Gasteiger partial charge in [-0.2, -0.15) is 0 Å². The minimum atomic E-state index is -0.269. The van der Waals surface area contributed by atoms with Gasteiger partial charge < -0.3 is 19.6 Å². The van der Waals surface area contributed by atoms with E-state index in [0.29, 0.717) is 13.0 Å². The third kappa shape index (κ3) is 4.00. The van der Waals surface area contributed by atoms with Gasteiger partial charge in [0, 0.05) is 22.1 Å². The van der Waals surface area contributed by atoms with Gasteiger partial charge in [-0.05, 0) is 29.8 Å². The smallest absolute Gasteiger partial charge is 0.162 e. The Labute approximate surface area is 184 Å². The van der Waals surface area contributed by atoms with Gasteiger partial charge in [-0.15, -0.1) is 23.7 Å². The summed E-state index contributed by atoms with van der Waals surface area (Å²) in [7, 11) is 0. The van der Waals surface area contributed by atoms with Gasteiger partial charge in [-0.3, -0.25) is 5.41 Å². The maximum Gasteiger partial charge on any atom is 0.162 e. The number of hydrogen-bond donors (Lipinski definition) is 2. The number of thiophene rings is 1. The standard InChI is InChI=1S/C23H20N2O3S.ClH/c24-23(25)21-12-16-15(7-4-8-20(16)29-21)17-9-10-18(27-17)19-13-26-22(28-19)11-14-5-2-1-3-6-14;/h1-10,12,19,22H,11,13H2,(H3,24,25);1H. The first kappa shape index (κ1) is 20.6. The van der Waals surface area contributed by atoms with Crippen LogP contribution in [0.25, 0.3) is 21.4 Å². The van der Waals surface area contributed by atoms with Crippen molar-refractivity contribution in [2.45, 2.75) is 18.8 Å². The van der Waals surface area contributed by atoms with E-state index >= 15 is 0 Å². The molecule has 154 valence electrons. The second-order valence-corrected chi connectivity index (χ2v) is 8.10. The zero-order valence-electron chi connectivity index (χ0n) is 16.0. The highest BCUT2D eigenvalue weighted by atomic mass is 35.5. The Bertz CT molecular complexity index is 1170. The highest BCUT2D eigenvalue weighted by molar-refractivity contribution is 7.20. The molecule has 2 unspecified atom stereocenters. The monoisotopic (exact) mass is 440 g/mol. The molecular weight excluding hydrogens is 420 g/mol. The first-order chi connectivity index (χ1) is 14.2. The van der Waals surface area contributed by atoms with Crippen LogP contribution in [0.1, 0.15) is 22.3 Å². The van der Waals surface area contributed by atoms with Crippen LogP contribution in [0.3, 0.4) is 0 Å². The molecule has 0 spiro atoms. The van der Waals surface area contributed by atoms with Crippen LogP contribution in [0.5, 0.6) is 0 Å². The van der Waals surface area contributed by atoms with E-state index in [0.717, 1.165) is 32.0 Å². The SMILES string of the molecule is Cl.N=C(N)c1cc2c(-c3ccc(C4COC(Cc5ccccc5)O4)o3)cccc2s1. The molecule has 30 heavy (non-hydrogen) atoms. The van der Waals surface area contributed by atoms with Crippen molar-refractivity contribution < 1.29 is 13.9 Å². The van der Waals surface area contributed by atoms with E-state index in [1.54, 1.807) is 0 Å². The Morgan fingerprint density at radius 2 is 1.90 bits per heavy atom. The molecular formula is C23H21ClN2O3S. The van der Waals surface area contributed by atoms with E-state index in [9.17, 15) is 0 Å². The lowest BCUT2D eigenvalue weighted by atomic mass is 10.1. The van der Waals surface area contributed by atoms with Crippen molar-refractivity contribution in [3.63, 3.8) is 0 Å². The van der Waals surface area contributed by atoms with Crippen LogP contribution < -0.4 is 5.73 Å². The van der Waals surface area contributed by atoms with Gasteiger partial charge in [0.05, 0.1) is 11.5 Å². The van der Waals surface area contributed by atoms with Crippen molar-refractivity contribution in [3.05, 3.63) is 82.9 Å². The quantitative estimate of drug-likeness (QED) is 0.316. The third-order valence-electron chi connectivity index (χ3n) is 5.03. The van der Waals surface area contributed by atoms with E-state index < -0.39 is 0 Å². The Kier molecular flexibility index (Phi) is 5.92. The van der Waals surface area contributed by atoms with Gasteiger partial charge in [-0.1, -0.05) is 42.5 Å². The first-order valence-electron chi connectivity index (χ1n) is 9.45. The van der Waals surface area contributed by atoms with E-state index in [1.807, 2.05) is 54.6 Å². The van der Waals surface area contributed by atoms with Crippen LogP contribution in [0.15, 0.2) is 71.1 Å². The van der Waals surface area contributed by atoms with Crippen molar-refractivity contribution in [1.29, 1.82) is 5.41 Å². The summed E-state index contributed by atoms with van der Waals surface area (Å²) >= 11 is 1.51. The topological polar surface area (TPSA) is 81.5 Å². The van der Waals surface area contributed by atoms with Crippen molar-refractivity contribution >= 4 is 39.7 Å². The number of amidine groups is 1. The van der Waals surface area contributed by atoms with E-state index in [4.69, 9.17) is 25.0 Å². The summed E-state index contributed by atoms with van der Waals surface area (Å²) in [5, 5.41) is 8.73. The minimum Gasteiger partial charge on any atom is -0.458 e. The number of nitrogen functional groups attached to an aromatic ring is 1. The number of fused-ring (bicyclic) bond motifs is 1. The molecule has 0 aliphatic carbocycles. The molecule has 1 saturated heterocycles. The summed E-state index contributed by atoms with van der Waals surface area (Å²) in [6, 6.07) is 22.1. The number of hydrogen-bond acceptors (Lipinski definition) is 5. The fraction of sp³-hybridized carbons (Fsp3) is 0.174. The number of nitrogens with two attached hydrogens (primary N) is 1. The number of furan rings is 1. The van der Waals surface area contributed by atoms with Gasteiger partial charge in [0.25, 0.3) is 0 Å². The maximum atomic E-state index is 7.69. The number of benzene rings is 2. The van der Waals surface area contributed by atoms with Gasteiger partial charge >= 0.3 is 0 Å². The lowest BCUT2D eigenvalue weighted by Gasteiger charge is -2.10. The second kappa shape index (κ2) is 8.62. The highest BCUT2D eigenvalue weighted by Gasteiger charge is 2.30. The van der Waals surface area contributed by atoms with Crippen molar-refractivity contribution in [1.82, 2.24) is 0 Å². The van der Waals surface area contributed by atoms with Gasteiger partial charge in [0.15, 0.2) is 6.29 Å². The summed E-state index contributed by atoms with van der Waals surface area (Å²) in [6.07, 6.45) is 0.230. The summed E-state index contributed by atoms with van der Waals surface area (Å²) in [6.45, 7) is 0.474. The fourth-order valence-corrected chi connectivity index (χ4v) is 4.55. The number of ether oxygens (including phenoxy) is 2. The number of rotatable bonds is 5. The molecule has 4 aromatic rings. The zero-order chi connectivity index (χ0) is 19.8. The van der Waals surface area contributed by atoms with E-state index in [2.05, 4.69) is 12.1 Å². The molecule has 5 rings (SSSR count). The van der Waals surface area contributed by atoms with Crippen LogP contribution in [-0.4, -0.2) is 18.7 Å². The Hall–Kier alpha value is -2.64. The molecule has 7 heteroatoms. The Morgan fingerprint density at radius 3 is 2.70 bits per heavy atom. The molecule has 2 atom stereocenters. The predicted molar refractivity (Wildman–Crippen MR) is 122 cm³/mol. The Balaban J connectivity index is 0.00000218. The molecule has 0 radical (unpaired) electrons. The maximum absolute atomic E-state index is 7.69. The lowest BCUT2D eigenvalue weighted by Crippen LogP contribution is -2.11. The first-order valence-corrected chi connectivity index (χ1v) is 10.3. The molecule has 3 N–H and O–H groups in total. The lowest BCUT2D eigenvalue weighted by molar-refractivity contribution is -0.0592. The highest BCUT2D eigenvalue weighted by Crippen LogP contribution is 2.37. The molecule has 0 saturated carbocycles. The van der Waals surface area contributed by atoms with Gasteiger partial charge in [-0.25, -0.2) is 0 Å². The molecule has 2 aromatic carbocycles. The van der Waals surface area contributed by atoms with Crippen LogP contribution >= 0.6 is 23.7 Å². The van der Waals surface area contributed by atoms with Crippen LogP contribution in [0.4, 0.5) is 0 Å². The molecule has 1 fully saturated rings. The van der Waals surface area contributed by atoms with E-state index in [-0.39, 0.29) is 30.6 Å². The average molecular weight is 441 g/mol. The fourth-order valence-electron chi connectivity index (χ4n) is 3.60. The summed E-state index contributed by atoms with van der Waals surface area (Å²) in [5.74, 6) is 1.61. The summed E-state index contributed by atoms with van der Waals surface area (Å²) in [5.41, 5.74) is 7.83. The average Bonchev–Trinajstić information content (AvgIpc) is 3.47. The van der Waals surface area contributed by atoms with Crippen molar-refractivity contribution in [2.24, 2.45) is 5.73 Å². The van der Waals surface area contributed by atoms with E-state index in [1.165, 1.54) is 16.9 Å². The molecule has 0 amide bonds. The van der Waals surface area contributed by atoms with Crippen molar-refractivity contribution in [2.75, 3.05) is 6.61 Å². The minimum absolute atomic E-state index is 0. The Morgan fingerprint density at radius 1 is 1.07 bits per heavy atom. The normalized spacial score (nSPS) is 18.4. The molecule has 1 aliphatic rings. The van der Waals surface area contributed by atoms with Gasteiger partial charge in [0.1, 0.15) is 23.5 Å². The third-order valence-corrected chi connectivity index (χ3v) is 6.16. The van der Waals surface area contributed by atoms with Crippen LogP contribution in [-0.2, 0) is 15.9 Å². The largest absolute Gasteiger partial charge is 0.458 e. The molecule has 0 bridgehead atoms. The number of halogens is 1. The molecule has 5 nitrogen and oxygen atoms in total. The molecule has 2 aromatic heterocycles. The van der Waals surface area contributed by atoms with Crippen LogP contribution in [0, 0.1) is 5.41 Å². The number of nitrogens with one attached hydrogen (secondary N) is 1. The second-order valence-electron chi connectivity index (χ2n) is 7.02. The van der Waals surface area contributed by atoms with Gasteiger partial charge in [0.2, 0.25) is 0 Å². The van der Waals surface area contributed by atoms with Crippen LogP contribution in [0.2, 0.25) is 0 Å². The van der Waals surface area contributed by atoms with Crippen molar-refractivity contribution in [3.8, 4) is 11.3 Å². The molecule has 3 heterocycles. The zero-order valence-corrected chi connectivity index (χ0v) is 17.7. The molecule has 1 aliphatic heterocycles. The predicted octanol–water partition coefficient (Wildman–Crippen LogP) is 5.52. The summed E-state index contributed by atoms with van der Waals surface area (Å²) in [4.78, 5) is 0.760. The summed E-state index contributed by atoms with van der Waals surface area (Å²) < 4.78 is 19.1.